The number of benzene rings is 1. The van der Waals surface area contributed by atoms with E-state index in [0.29, 0.717) is 0 Å². The van der Waals surface area contributed by atoms with E-state index in [1.165, 1.54) is 35.5 Å². The van der Waals surface area contributed by atoms with Gasteiger partial charge in [-0.05, 0) is 39.0 Å². The van der Waals surface area contributed by atoms with Crippen molar-refractivity contribution in [3.8, 4) is 0 Å². The van der Waals surface area contributed by atoms with E-state index in [1.807, 2.05) is 0 Å². The molecule has 0 bridgehead atoms. The van der Waals surface area contributed by atoms with Gasteiger partial charge in [-0.15, -0.1) is 0 Å². The Balaban J connectivity index is 2.26. The number of ether oxygens (including phenoxy) is 1. The highest BCUT2D eigenvalue weighted by Crippen LogP contribution is 2.22. The maximum absolute atomic E-state index is 12.9. The summed E-state index contributed by atoms with van der Waals surface area (Å²) < 4.78 is 32.6. The number of hydrogen-bond donors (Lipinski definition) is 3. The number of aliphatic hydroxyl groups excluding tert-OH is 1. The monoisotopic (exact) mass is 400 g/mol. The van der Waals surface area contributed by atoms with Crippen LogP contribution in [0, 0.1) is 0 Å². The molecule has 10 heteroatoms. The van der Waals surface area contributed by atoms with E-state index in [1.54, 1.807) is 13.8 Å². The van der Waals surface area contributed by atoms with Gasteiger partial charge in [0.1, 0.15) is 0 Å². The maximum atomic E-state index is 12.9. The molecule has 150 valence electrons. The first-order chi connectivity index (χ1) is 12.5. The van der Waals surface area contributed by atoms with Crippen LogP contribution in [0.1, 0.15) is 31.1 Å². The fourth-order valence-electron chi connectivity index (χ4n) is 2.89. The maximum Gasteiger partial charge on any atom is 0.328 e. The van der Waals surface area contributed by atoms with Gasteiger partial charge in [-0.3, -0.25) is 4.79 Å². The van der Waals surface area contributed by atoms with Crippen LogP contribution in [0.5, 0.6) is 0 Å². The van der Waals surface area contributed by atoms with Crippen molar-refractivity contribution >= 4 is 21.9 Å². The summed E-state index contributed by atoms with van der Waals surface area (Å²) in [4.78, 5) is 23.4. The number of morpholine rings is 1. The van der Waals surface area contributed by atoms with Gasteiger partial charge < -0.3 is 20.3 Å². The average Bonchev–Trinajstić information content (AvgIpc) is 2.58. The van der Waals surface area contributed by atoms with Crippen LogP contribution in [0.15, 0.2) is 29.2 Å². The third-order valence-corrected chi connectivity index (χ3v) is 5.98. The molecule has 1 fully saturated rings. The molecule has 1 aliphatic rings. The lowest BCUT2D eigenvalue weighted by Gasteiger charge is -2.34. The SMILES string of the molecule is C[C@@H]1CN(S(=O)(=O)c2cccc(C(=O)N[C@H](C(=O)O)[C@H](C)O)c2)C[C@H](C)O1. The molecule has 0 aliphatic carbocycles. The fraction of sp³-hybridized carbons (Fsp3) is 0.529. The number of rotatable bonds is 6. The molecule has 1 amide bonds. The summed E-state index contributed by atoms with van der Waals surface area (Å²) in [6.45, 7) is 5.20. The summed E-state index contributed by atoms with van der Waals surface area (Å²) in [5.41, 5.74) is -0.0164. The number of aliphatic hydroxyl groups is 1. The summed E-state index contributed by atoms with van der Waals surface area (Å²) in [5.74, 6) is -2.18. The number of carbonyl (C=O) groups excluding carboxylic acids is 1. The summed E-state index contributed by atoms with van der Waals surface area (Å²) in [5, 5.41) is 20.7. The molecule has 0 saturated carbocycles. The zero-order chi connectivity index (χ0) is 20.4. The molecule has 1 heterocycles. The highest BCUT2D eigenvalue weighted by Gasteiger charge is 2.33. The molecule has 1 aromatic rings. The lowest BCUT2D eigenvalue weighted by Crippen LogP contribution is -2.48. The second-order valence-corrected chi connectivity index (χ2v) is 8.58. The number of amides is 1. The van der Waals surface area contributed by atoms with Crippen LogP contribution in [0.2, 0.25) is 0 Å². The Hall–Kier alpha value is -2.01. The van der Waals surface area contributed by atoms with E-state index in [0.717, 1.165) is 0 Å². The Morgan fingerprint density at radius 1 is 1.26 bits per heavy atom. The summed E-state index contributed by atoms with van der Waals surface area (Å²) >= 11 is 0. The fourth-order valence-corrected chi connectivity index (χ4v) is 4.52. The molecule has 0 radical (unpaired) electrons. The van der Waals surface area contributed by atoms with Crippen LogP contribution >= 0.6 is 0 Å². The Kier molecular flexibility index (Phi) is 6.58. The van der Waals surface area contributed by atoms with E-state index in [4.69, 9.17) is 9.84 Å². The minimum absolute atomic E-state index is 0.0164. The third kappa shape index (κ3) is 5.04. The smallest absolute Gasteiger partial charge is 0.328 e. The lowest BCUT2D eigenvalue weighted by atomic mass is 10.1. The number of carboxylic acids is 1. The van der Waals surface area contributed by atoms with Gasteiger partial charge in [-0.25, -0.2) is 13.2 Å². The predicted molar refractivity (Wildman–Crippen MR) is 95.8 cm³/mol. The number of aliphatic carboxylic acids is 1. The summed E-state index contributed by atoms with van der Waals surface area (Å²) in [7, 11) is -3.84. The second-order valence-electron chi connectivity index (χ2n) is 6.64. The zero-order valence-electron chi connectivity index (χ0n) is 15.3. The van der Waals surface area contributed by atoms with E-state index >= 15 is 0 Å². The van der Waals surface area contributed by atoms with Crippen molar-refractivity contribution in [2.24, 2.45) is 0 Å². The van der Waals surface area contributed by atoms with Gasteiger partial charge in [0.25, 0.3) is 5.91 Å². The number of sulfonamides is 1. The van der Waals surface area contributed by atoms with Crippen LogP contribution in [0.3, 0.4) is 0 Å². The molecule has 1 aliphatic heterocycles. The first kappa shape index (κ1) is 21.3. The minimum atomic E-state index is -3.84. The summed E-state index contributed by atoms with van der Waals surface area (Å²) in [6, 6.07) is 3.85. The Morgan fingerprint density at radius 2 is 1.85 bits per heavy atom. The van der Waals surface area contributed by atoms with E-state index in [2.05, 4.69) is 5.32 Å². The normalized spacial score (nSPS) is 23.4. The van der Waals surface area contributed by atoms with Gasteiger partial charge in [0.2, 0.25) is 10.0 Å². The van der Waals surface area contributed by atoms with Crippen molar-refractivity contribution < 1.29 is 33.0 Å². The molecule has 0 aromatic heterocycles. The van der Waals surface area contributed by atoms with Gasteiger partial charge >= 0.3 is 5.97 Å². The minimum Gasteiger partial charge on any atom is -0.480 e. The number of carbonyl (C=O) groups is 2. The number of nitrogens with one attached hydrogen (secondary N) is 1. The average molecular weight is 400 g/mol. The van der Waals surface area contributed by atoms with Crippen LogP contribution in [-0.4, -0.2) is 72.3 Å². The molecule has 0 spiro atoms. The van der Waals surface area contributed by atoms with Crippen molar-refractivity contribution in [3.05, 3.63) is 29.8 Å². The number of nitrogens with zero attached hydrogens (tertiary/aromatic N) is 1. The van der Waals surface area contributed by atoms with E-state index in [-0.39, 0.29) is 35.8 Å². The molecular formula is C17H24N2O7S. The van der Waals surface area contributed by atoms with Gasteiger partial charge in [0.15, 0.2) is 6.04 Å². The zero-order valence-corrected chi connectivity index (χ0v) is 16.1. The van der Waals surface area contributed by atoms with Crippen LogP contribution in [0.25, 0.3) is 0 Å². The molecule has 4 atom stereocenters. The van der Waals surface area contributed by atoms with E-state index in [9.17, 15) is 23.1 Å². The highest BCUT2D eigenvalue weighted by atomic mass is 32.2. The van der Waals surface area contributed by atoms with Crippen molar-refractivity contribution in [1.82, 2.24) is 9.62 Å². The van der Waals surface area contributed by atoms with Crippen molar-refractivity contribution in [3.63, 3.8) is 0 Å². The van der Waals surface area contributed by atoms with Crippen LogP contribution in [-0.2, 0) is 19.6 Å². The largest absolute Gasteiger partial charge is 0.480 e. The molecule has 1 aromatic carbocycles. The quantitative estimate of drug-likeness (QED) is 0.614. The van der Waals surface area contributed by atoms with Crippen LogP contribution in [0.4, 0.5) is 0 Å². The Bertz CT molecular complexity index is 799. The first-order valence-electron chi connectivity index (χ1n) is 8.49. The van der Waals surface area contributed by atoms with Gasteiger partial charge in [0, 0.05) is 18.7 Å². The third-order valence-electron chi connectivity index (χ3n) is 4.16. The van der Waals surface area contributed by atoms with E-state index < -0.39 is 34.0 Å². The van der Waals surface area contributed by atoms with Gasteiger partial charge in [-0.1, -0.05) is 6.07 Å². The number of carboxylic acid groups (broad SMARTS) is 1. The lowest BCUT2D eigenvalue weighted by molar-refractivity contribution is -0.141. The molecule has 2 rings (SSSR count). The summed E-state index contributed by atoms with van der Waals surface area (Å²) in [6.07, 6.45) is -1.82. The molecule has 0 unspecified atom stereocenters. The first-order valence-corrected chi connectivity index (χ1v) is 9.93. The van der Waals surface area contributed by atoms with Gasteiger partial charge in [0.05, 0.1) is 23.2 Å². The van der Waals surface area contributed by atoms with Crippen molar-refractivity contribution in [1.29, 1.82) is 0 Å². The Labute approximate surface area is 158 Å². The van der Waals surface area contributed by atoms with Gasteiger partial charge in [-0.2, -0.15) is 4.31 Å². The van der Waals surface area contributed by atoms with Crippen molar-refractivity contribution in [2.45, 2.75) is 50.0 Å². The molecule has 27 heavy (non-hydrogen) atoms. The Morgan fingerprint density at radius 3 is 2.37 bits per heavy atom. The van der Waals surface area contributed by atoms with Crippen molar-refractivity contribution in [2.75, 3.05) is 13.1 Å². The molecular weight excluding hydrogens is 376 g/mol. The second kappa shape index (κ2) is 8.34. The molecule has 3 N–H and O–H groups in total. The highest BCUT2D eigenvalue weighted by molar-refractivity contribution is 7.89. The number of hydrogen-bond acceptors (Lipinski definition) is 6. The molecule has 1 saturated heterocycles. The topological polar surface area (TPSA) is 133 Å². The predicted octanol–water partition coefficient (Wildman–Crippen LogP) is 0.0483. The van der Waals surface area contributed by atoms with Crippen LogP contribution < -0.4 is 5.32 Å². The molecule has 9 nitrogen and oxygen atoms in total. The standard InChI is InChI=1S/C17H24N2O7S/c1-10-8-19(9-11(2)26-10)27(24,25)14-6-4-5-13(7-14)16(21)18-15(12(3)20)17(22)23/h4-7,10-12,15,20H,8-9H2,1-3H3,(H,18,21)(H,22,23)/t10-,11+,12-,15-/m0/s1.